The van der Waals surface area contributed by atoms with Crippen LogP contribution in [0, 0.1) is 10.1 Å². The number of hydrogen-bond acceptors (Lipinski definition) is 2. The second-order valence-corrected chi connectivity index (χ2v) is 1.86. The maximum absolute atomic E-state index is 9.79. The Morgan fingerprint density at radius 1 is 1.60 bits per heavy atom. The van der Waals surface area contributed by atoms with Crippen LogP contribution in [0.3, 0.4) is 0 Å². The summed E-state index contributed by atoms with van der Waals surface area (Å²) in [5, 5.41) is 9.79. The minimum Gasteiger partial charge on any atom is -0.265 e. The smallest absolute Gasteiger partial charge is 0.204 e. The SMILES string of the molecule is C=C/C=C/CCC[N+](=O)[O-]. The lowest BCUT2D eigenvalue weighted by Crippen LogP contribution is -1.98. The van der Waals surface area contributed by atoms with Gasteiger partial charge in [0.25, 0.3) is 0 Å². The zero-order chi connectivity index (χ0) is 7.82. The molecular weight excluding hydrogens is 130 g/mol. The molecule has 0 saturated heterocycles. The van der Waals surface area contributed by atoms with Crippen molar-refractivity contribution < 1.29 is 4.92 Å². The molecule has 0 aromatic carbocycles. The van der Waals surface area contributed by atoms with Crippen molar-refractivity contribution >= 4 is 0 Å². The Hall–Kier alpha value is -1.12. The average molecular weight is 141 g/mol. The molecule has 10 heavy (non-hydrogen) atoms. The molecule has 0 aliphatic heterocycles. The molecule has 0 spiro atoms. The molecule has 0 bridgehead atoms. The van der Waals surface area contributed by atoms with Crippen molar-refractivity contribution in [2.45, 2.75) is 12.8 Å². The van der Waals surface area contributed by atoms with Gasteiger partial charge in [0.1, 0.15) is 0 Å². The van der Waals surface area contributed by atoms with Gasteiger partial charge in [-0.3, -0.25) is 10.1 Å². The molecular formula is C7H11NO2. The first-order valence-electron chi connectivity index (χ1n) is 3.16. The Bertz CT molecular complexity index is 141. The lowest BCUT2D eigenvalue weighted by atomic mass is 10.3. The quantitative estimate of drug-likeness (QED) is 0.253. The molecule has 0 heterocycles. The van der Waals surface area contributed by atoms with E-state index in [0.717, 1.165) is 6.42 Å². The predicted octanol–water partition coefficient (Wildman–Crippen LogP) is 1.79. The van der Waals surface area contributed by atoms with E-state index in [4.69, 9.17) is 0 Å². The van der Waals surface area contributed by atoms with Crippen LogP contribution in [0.25, 0.3) is 0 Å². The van der Waals surface area contributed by atoms with Crippen LogP contribution in [-0.4, -0.2) is 11.5 Å². The number of nitro groups is 1. The summed E-state index contributed by atoms with van der Waals surface area (Å²) in [6.45, 7) is 3.53. The first kappa shape index (κ1) is 8.88. The van der Waals surface area contributed by atoms with Crippen LogP contribution in [0.4, 0.5) is 0 Å². The fourth-order valence-corrected chi connectivity index (χ4v) is 0.531. The van der Waals surface area contributed by atoms with E-state index in [1.165, 1.54) is 0 Å². The lowest BCUT2D eigenvalue weighted by molar-refractivity contribution is -0.480. The van der Waals surface area contributed by atoms with Crippen LogP contribution in [0.5, 0.6) is 0 Å². The van der Waals surface area contributed by atoms with Gasteiger partial charge in [0.15, 0.2) is 0 Å². The van der Waals surface area contributed by atoms with Gasteiger partial charge in [0.05, 0.1) is 0 Å². The summed E-state index contributed by atoms with van der Waals surface area (Å²) in [4.78, 5) is 9.49. The van der Waals surface area contributed by atoms with Gasteiger partial charge in [-0.1, -0.05) is 24.8 Å². The molecule has 0 amide bonds. The molecule has 0 atom stereocenters. The molecule has 0 aliphatic rings. The van der Waals surface area contributed by atoms with Gasteiger partial charge in [-0.2, -0.15) is 0 Å². The Morgan fingerprint density at radius 2 is 2.30 bits per heavy atom. The fraction of sp³-hybridized carbons (Fsp3) is 0.429. The highest BCUT2D eigenvalue weighted by atomic mass is 16.6. The van der Waals surface area contributed by atoms with Crippen molar-refractivity contribution in [1.82, 2.24) is 0 Å². The van der Waals surface area contributed by atoms with Gasteiger partial charge >= 0.3 is 0 Å². The van der Waals surface area contributed by atoms with E-state index in [0.29, 0.717) is 6.42 Å². The number of rotatable bonds is 5. The van der Waals surface area contributed by atoms with Crippen molar-refractivity contribution in [3.8, 4) is 0 Å². The summed E-state index contributed by atoms with van der Waals surface area (Å²) in [6.07, 6.45) is 6.69. The number of unbranched alkanes of at least 4 members (excludes halogenated alkanes) is 1. The van der Waals surface area contributed by atoms with E-state index < -0.39 is 0 Å². The Morgan fingerprint density at radius 3 is 2.80 bits per heavy atom. The molecule has 0 N–H and O–H groups in total. The van der Waals surface area contributed by atoms with Crippen LogP contribution >= 0.6 is 0 Å². The molecule has 3 nitrogen and oxygen atoms in total. The van der Waals surface area contributed by atoms with E-state index in [1.54, 1.807) is 12.2 Å². The minimum absolute atomic E-state index is 0.0570. The maximum Gasteiger partial charge on any atom is 0.204 e. The molecule has 0 rings (SSSR count). The van der Waals surface area contributed by atoms with Crippen molar-refractivity contribution in [2.24, 2.45) is 0 Å². The number of nitrogens with zero attached hydrogens (tertiary/aromatic N) is 1. The Labute approximate surface area is 60.2 Å². The molecule has 0 saturated carbocycles. The average Bonchev–Trinajstić information content (AvgIpc) is 1.87. The molecule has 0 aliphatic carbocycles. The molecule has 56 valence electrons. The summed E-state index contributed by atoms with van der Waals surface area (Å²) < 4.78 is 0. The first-order chi connectivity index (χ1) is 4.77. The highest BCUT2D eigenvalue weighted by Crippen LogP contribution is 1.90. The van der Waals surface area contributed by atoms with E-state index >= 15 is 0 Å². The van der Waals surface area contributed by atoms with Crippen LogP contribution in [0.1, 0.15) is 12.8 Å². The first-order valence-corrected chi connectivity index (χ1v) is 3.16. The standard InChI is InChI=1S/C7H11NO2/c1-2-3-4-5-6-7-8(9)10/h2-4H,1,5-7H2/b4-3+. The van der Waals surface area contributed by atoms with Gasteiger partial charge in [-0.25, -0.2) is 0 Å². The second-order valence-electron chi connectivity index (χ2n) is 1.86. The van der Waals surface area contributed by atoms with E-state index in [1.807, 2.05) is 6.08 Å². The van der Waals surface area contributed by atoms with Crippen molar-refractivity contribution in [3.05, 3.63) is 34.9 Å². The Balaban J connectivity index is 3.12. The predicted molar refractivity (Wildman–Crippen MR) is 40.4 cm³/mol. The molecule has 3 heteroatoms. The zero-order valence-corrected chi connectivity index (χ0v) is 5.82. The molecule has 0 aromatic heterocycles. The summed E-state index contributed by atoms with van der Waals surface area (Å²) in [5.41, 5.74) is 0. The van der Waals surface area contributed by atoms with E-state index in [2.05, 4.69) is 6.58 Å². The van der Waals surface area contributed by atoms with Crippen LogP contribution in [0.15, 0.2) is 24.8 Å². The highest BCUT2D eigenvalue weighted by Gasteiger charge is 1.91. The third-order valence-electron chi connectivity index (χ3n) is 0.984. The highest BCUT2D eigenvalue weighted by molar-refractivity contribution is 4.96. The topological polar surface area (TPSA) is 43.1 Å². The minimum atomic E-state index is -0.304. The lowest BCUT2D eigenvalue weighted by Gasteiger charge is -1.87. The van der Waals surface area contributed by atoms with E-state index in [9.17, 15) is 10.1 Å². The third-order valence-corrected chi connectivity index (χ3v) is 0.984. The third kappa shape index (κ3) is 6.88. The fourth-order valence-electron chi connectivity index (χ4n) is 0.531. The number of hydrogen-bond donors (Lipinski definition) is 0. The second kappa shape index (κ2) is 6.01. The molecule has 0 unspecified atom stereocenters. The molecule has 0 radical (unpaired) electrons. The summed E-state index contributed by atoms with van der Waals surface area (Å²) in [7, 11) is 0. The zero-order valence-electron chi connectivity index (χ0n) is 5.82. The van der Waals surface area contributed by atoms with Crippen LogP contribution in [0.2, 0.25) is 0 Å². The van der Waals surface area contributed by atoms with Gasteiger partial charge in [-0.05, 0) is 6.42 Å². The van der Waals surface area contributed by atoms with Gasteiger partial charge in [0, 0.05) is 11.3 Å². The van der Waals surface area contributed by atoms with Gasteiger partial charge in [-0.15, -0.1) is 0 Å². The summed E-state index contributed by atoms with van der Waals surface area (Å²) in [6, 6.07) is 0. The van der Waals surface area contributed by atoms with Crippen LogP contribution < -0.4 is 0 Å². The van der Waals surface area contributed by atoms with Gasteiger partial charge in [0.2, 0.25) is 6.54 Å². The van der Waals surface area contributed by atoms with Crippen molar-refractivity contribution in [2.75, 3.05) is 6.54 Å². The summed E-state index contributed by atoms with van der Waals surface area (Å²) >= 11 is 0. The maximum atomic E-state index is 9.79. The summed E-state index contributed by atoms with van der Waals surface area (Å²) in [5.74, 6) is 0. The van der Waals surface area contributed by atoms with Gasteiger partial charge < -0.3 is 0 Å². The number of allylic oxidation sites excluding steroid dienone is 3. The monoisotopic (exact) mass is 141 g/mol. The van der Waals surface area contributed by atoms with Crippen molar-refractivity contribution in [3.63, 3.8) is 0 Å². The van der Waals surface area contributed by atoms with Crippen LogP contribution in [-0.2, 0) is 0 Å². The largest absolute Gasteiger partial charge is 0.265 e. The van der Waals surface area contributed by atoms with E-state index in [-0.39, 0.29) is 11.5 Å². The Kier molecular flexibility index (Phi) is 5.33. The molecule has 0 aromatic rings. The molecule has 0 fully saturated rings. The van der Waals surface area contributed by atoms with Crippen molar-refractivity contribution in [1.29, 1.82) is 0 Å². The normalized spacial score (nSPS) is 10.0.